The van der Waals surface area contributed by atoms with Crippen molar-refractivity contribution >= 4 is 24.2 Å². The van der Waals surface area contributed by atoms with E-state index >= 15 is 0 Å². The molecule has 0 amide bonds. The van der Waals surface area contributed by atoms with Gasteiger partial charge in [0.05, 0.1) is 5.69 Å². The largest absolute Gasteiger partial charge is 0.314 e. The summed E-state index contributed by atoms with van der Waals surface area (Å²) in [6.45, 7) is 24.8. The maximum absolute atomic E-state index is 4.37. The van der Waals surface area contributed by atoms with Crippen molar-refractivity contribution in [1.29, 1.82) is 0 Å². The van der Waals surface area contributed by atoms with E-state index in [9.17, 15) is 0 Å². The summed E-state index contributed by atoms with van der Waals surface area (Å²) in [6.07, 6.45) is 52.9. The van der Waals surface area contributed by atoms with E-state index in [4.69, 9.17) is 0 Å². The molecule has 0 saturated carbocycles. The zero-order valence-electron chi connectivity index (χ0n) is 36.7. The Morgan fingerprint density at radius 1 is 0.864 bits per heavy atom. The van der Waals surface area contributed by atoms with Gasteiger partial charge in [-0.25, -0.2) is 0 Å². The Labute approximate surface area is 357 Å². The van der Waals surface area contributed by atoms with Crippen molar-refractivity contribution in [2.24, 2.45) is 15.9 Å². The molecule has 3 heterocycles. The molecule has 4 aliphatic rings. The zero-order valence-corrected chi connectivity index (χ0v) is 36.7. The van der Waals surface area contributed by atoms with Crippen LogP contribution in [0, 0.1) is 5.92 Å². The molecule has 6 rings (SSSR count). The molecule has 0 fully saturated rings. The number of aryl methyl sites for hydroxylation is 1. The Hall–Kier alpha value is -6.26. The van der Waals surface area contributed by atoms with Gasteiger partial charge in [-0.15, -0.1) is 6.58 Å². The molecule has 4 nitrogen and oxygen atoms in total. The van der Waals surface area contributed by atoms with Crippen molar-refractivity contribution in [3.05, 3.63) is 228 Å². The summed E-state index contributed by atoms with van der Waals surface area (Å²) in [6, 6.07) is 11.5. The fourth-order valence-electron chi connectivity index (χ4n) is 6.89. The van der Waals surface area contributed by atoms with Crippen molar-refractivity contribution in [2.45, 2.75) is 80.6 Å². The third-order valence-corrected chi connectivity index (χ3v) is 9.60. The van der Waals surface area contributed by atoms with E-state index in [1.807, 2.05) is 52.3 Å². The van der Waals surface area contributed by atoms with E-state index < -0.39 is 0 Å². The van der Waals surface area contributed by atoms with Crippen LogP contribution in [0.4, 0.5) is 0 Å². The Morgan fingerprint density at radius 3 is 2.29 bits per heavy atom. The summed E-state index contributed by atoms with van der Waals surface area (Å²) >= 11 is 0. The number of rotatable bonds is 10. The fourth-order valence-corrected chi connectivity index (χ4v) is 6.89. The number of nitrogens with zero attached hydrogens (tertiary/aromatic N) is 4. The molecule has 2 aliphatic carbocycles. The second-order valence-corrected chi connectivity index (χ2v) is 13.7. The molecule has 306 valence electrons. The molecule has 0 N–H and O–H groups in total. The Bertz CT molecular complexity index is 2150. The predicted octanol–water partition coefficient (Wildman–Crippen LogP) is 14.6. The Morgan fingerprint density at radius 2 is 1.61 bits per heavy atom. The van der Waals surface area contributed by atoms with Crippen LogP contribution in [0.3, 0.4) is 0 Å². The average molecular weight is 783 g/mol. The smallest absolute Gasteiger partial charge is 0.0510 e. The molecular weight excluding hydrogens is 717 g/mol. The van der Waals surface area contributed by atoms with Gasteiger partial charge in [0.1, 0.15) is 0 Å². The van der Waals surface area contributed by atoms with Gasteiger partial charge in [0, 0.05) is 66.2 Å². The summed E-state index contributed by atoms with van der Waals surface area (Å²) in [7, 11) is 0. The van der Waals surface area contributed by atoms with Crippen LogP contribution in [0.2, 0.25) is 0 Å². The third kappa shape index (κ3) is 14.3. The highest BCUT2D eigenvalue weighted by Gasteiger charge is 2.19. The molecular formula is C55H66N4. The number of benzene rings is 1. The molecule has 1 unspecified atom stereocenters. The number of fused-ring (bicyclic) bond motifs is 1. The van der Waals surface area contributed by atoms with Gasteiger partial charge in [0.15, 0.2) is 0 Å². The van der Waals surface area contributed by atoms with Crippen molar-refractivity contribution < 1.29 is 0 Å². The Kier molecular flexibility index (Phi) is 21.3. The maximum Gasteiger partial charge on any atom is 0.0510 e. The predicted molar refractivity (Wildman–Crippen MR) is 262 cm³/mol. The monoisotopic (exact) mass is 783 g/mol. The second kappa shape index (κ2) is 26.6. The van der Waals surface area contributed by atoms with Crippen LogP contribution >= 0.6 is 0 Å². The van der Waals surface area contributed by atoms with Gasteiger partial charge in [-0.3, -0.25) is 9.98 Å². The normalized spacial score (nSPS) is 19.8. The van der Waals surface area contributed by atoms with Crippen LogP contribution in [0.5, 0.6) is 0 Å². The Balaban J connectivity index is 0.000000843. The van der Waals surface area contributed by atoms with E-state index in [1.165, 1.54) is 56.8 Å². The van der Waals surface area contributed by atoms with Gasteiger partial charge >= 0.3 is 0 Å². The van der Waals surface area contributed by atoms with E-state index in [2.05, 4.69) is 188 Å². The maximum atomic E-state index is 4.37. The molecule has 2 aromatic rings. The molecule has 0 saturated heterocycles. The van der Waals surface area contributed by atoms with Crippen molar-refractivity contribution in [1.82, 2.24) is 9.47 Å². The van der Waals surface area contributed by atoms with Gasteiger partial charge < -0.3 is 9.47 Å². The molecule has 2 aliphatic heterocycles. The lowest BCUT2D eigenvalue weighted by Crippen LogP contribution is -2.21. The zero-order chi connectivity index (χ0) is 42.8. The molecule has 0 radical (unpaired) electrons. The minimum Gasteiger partial charge on any atom is -0.314 e. The second-order valence-electron chi connectivity index (χ2n) is 13.7. The summed E-state index contributed by atoms with van der Waals surface area (Å²) in [5.74, 6) is 0.341. The number of allylic oxidation sites excluding steroid dienone is 21. The topological polar surface area (TPSA) is 32.9 Å². The first-order valence-electron chi connectivity index (χ1n) is 21.0. The van der Waals surface area contributed by atoms with E-state index in [0.717, 1.165) is 43.5 Å². The van der Waals surface area contributed by atoms with Crippen LogP contribution in [0.15, 0.2) is 210 Å². The minimum atomic E-state index is 0.341. The van der Waals surface area contributed by atoms with Crippen LogP contribution in [-0.4, -0.2) is 21.9 Å². The molecule has 0 spiro atoms. The lowest BCUT2D eigenvalue weighted by molar-refractivity contribution is 0.541. The lowest BCUT2D eigenvalue weighted by Gasteiger charge is -2.31. The van der Waals surface area contributed by atoms with E-state index in [1.54, 1.807) is 12.3 Å². The molecule has 1 aromatic carbocycles. The molecule has 1 aromatic heterocycles. The molecule has 1 atom stereocenters. The minimum absolute atomic E-state index is 0.341. The first-order chi connectivity index (χ1) is 28.9. The summed E-state index contributed by atoms with van der Waals surface area (Å²) < 4.78 is 2.40. The lowest BCUT2D eigenvalue weighted by atomic mass is 9.96. The third-order valence-electron chi connectivity index (χ3n) is 9.60. The van der Waals surface area contributed by atoms with Gasteiger partial charge in [-0.2, -0.15) is 0 Å². The standard InChI is InChI=1S/C46H47N3.C4H7N.C3H6.C2H6/c1-5-8-19-45-35(4)13-9-10-16-41(6-2)48(45)43-17-11-14-36(24-26-43)32-38-20-22-39(23-21-38)33-37-15-12-18-44(27-25-37)49-42(7-3)34-40-28-30-47-31-29-46(40)49;1-3-5-4-2;1-3-2;1-2/h5-6,8-16,18-27,29-31,34,37H,1,7,17,28,32-33H2,2-4H3;3-4H,1H2,2H3;3H,1H2,2H3;1-2H3/b13-9-,16-10-,19-8-,41-6+,45-35-;;;. The highest BCUT2D eigenvalue weighted by Crippen LogP contribution is 2.31. The quantitative estimate of drug-likeness (QED) is 0.134. The number of aliphatic imine (C=N–C) groups is 2. The number of hydrogen-bond donors (Lipinski definition) is 0. The van der Waals surface area contributed by atoms with Crippen molar-refractivity contribution in [2.75, 3.05) is 0 Å². The van der Waals surface area contributed by atoms with Crippen molar-refractivity contribution in [3.8, 4) is 0 Å². The summed E-state index contributed by atoms with van der Waals surface area (Å²) in [5.41, 5.74) is 13.9. The highest BCUT2D eigenvalue weighted by atomic mass is 15.2. The van der Waals surface area contributed by atoms with E-state index in [-0.39, 0.29) is 0 Å². The van der Waals surface area contributed by atoms with Gasteiger partial charge in [0.25, 0.3) is 0 Å². The van der Waals surface area contributed by atoms with Gasteiger partial charge in [-0.1, -0.05) is 137 Å². The van der Waals surface area contributed by atoms with Crippen LogP contribution < -0.4 is 0 Å². The molecule has 4 heteroatoms. The first-order valence-corrected chi connectivity index (χ1v) is 21.0. The van der Waals surface area contributed by atoms with Crippen LogP contribution in [-0.2, 0) is 25.7 Å². The summed E-state index contributed by atoms with van der Waals surface area (Å²) in [5, 5.41) is 0. The van der Waals surface area contributed by atoms with Crippen molar-refractivity contribution in [3.63, 3.8) is 0 Å². The SMILES string of the molecule is C=CC.C=CN=CC.C=C\C=C/C1=C(C)/C=C\C=C/C(=C\C)N1C1=CC=C(Cc2ccc(CC3C=CC=C(n4c(CC)cc5c4C=CN=CC5)C=C3)cc2)C=CC1.CC. The summed E-state index contributed by atoms with van der Waals surface area (Å²) in [4.78, 5) is 10.3. The van der Waals surface area contributed by atoms with E-state index in [0.29, 0.717) is 5.92 Å². The average Bonchev–Trinajstić information content (AvgIpc) is 3.52. The molecule has 0 bridgehead atoms. The number of aromatic nitrogens is 1. The highest BCUT2D eigenvalue weighted by molar-refractivity contribution is 5.74. The van der Waals surface area contributed by atoms with Crippen LogP contribution in [0.1, 0.15) is 83.0 Å². The van der Waals surface area contributed by atoms with Crippen LogP contribution in [0.25, 0.3) is 11.8 Å². The first kappa shape index (κ1) is 47.1. The number of hydrogen-bond acceptors (Lipinski definition) is 3. The fraction of sp³-hybridized carbons (Fsp3) is 0.236. The molecule has 59 heavy (non-hydrogen) atoms. The van der Waals surface area contributed by atoms with Gasteiger partial charge in [-0.05, 0) is 123 Å². The van der Waals surface area contributed by atoms with Gasteiger partial charge in [0.2, 0.25) is 0 Å².